The number of thiocarbonyl (C=S) groups is 1. The van der Waals surface area contributed by atoms with Gasteiger partial charge in [-0.2, -0.15) is 0 Å². The fourth-order valence-corrected chi connectivity index (χ4v) is 1.70. The second-order valence-corrected chi connectivity index (χ2v) is 4.53. The van der Waals surface area contributed by atoms with Crippen LogP contribution in [0.1, 0.15) is 5.56 Å². The van der Waals surface area contributed by atoms with E-state index in [9.17, 15) is 4.39 Å². The lowest BCUT2D eigenvalue weighted by Crippen LogP contribution is -2.39. The Morgan fingerprint density at radius 1 is 1.10 bits per heavy atom. The molecule has 3 nitrogen and oxygen atoms in total. The fourth-order valence-electron chi connectivity index (χ4n) is 1.65. The highest BCUT2D eigenvalue weighted by Gasteiger charge is 2.01. The molecule has 0 aromatic heterocycles. The molecule has 0 radical (unpaired) electrons. The van der Waals surface area contributed by atoms with Crippen LogP contribution < -0.4 is 16.6 Å². The molecule has 1 aromatic carbocycles. The van der Waals surface area contributed by atoms with E-state index in [2.05, 4.69) is 10.9 Å². The highest BCUT2D eigenvalue weighted by atomic mass is 32.1. The number of nitrogens with one attached hydrogen (secondary N) is 2. The van der Waals surface area contributed by atoms with Gasteiger partial charge in [0.2, 0.25) is 0 Å². The van der Waals surface area contributed by atoms with Crippen molar-refractivity contribution in [3.05, 3.63) is 77.7 Å². The molecule has 4 N–H and O–H groups in total. The Morgan fingerprint density at radius 3 is 2.35 bits per heavy atom. The molecule has 0 atom stereocenters. The minimum atomic E-state index is -0.282. The fraction of sp³-hybridized carbons (Fsp3) is 0. The predicted molar refractivity (Wildman–Crippen MR) is 83.8 cm³/mol. The number of hydrazine groups is 1. The van der Waals surface area contributed by atoms with Crippen molar-refractivity contribution in [2.24, 2.45) is 5.73 Å². The maximum atomic E-state index is 13.0. The van der Waals surface area contributed by atoms with E-state index in [1.807, 2.05) is 36.5 Å². The first-order chi connectivity index (χ1) is 9.65. The van der Waals surface area contributed by atoms with E-state index in [0.717, 1.165) is 16.8 Å². The summed E-state index contributed by atoms with van der Waals surface area (Å²) in [6, 6.07) is 6.14. The number of hydrogen-bond donors (Lipinski definition) is 3. The maximum Gasteiger partial charge on any atom is 0.182 e. The molecule has 0 saturated heterocycles. The van der Waals surface area contributed by atoms with Gasteiger partial charge in [0.25, 0.3) is 0 Å². The van der Waals surface area contributed by atoms with Crippen molar-refractivity contribution >= 4 is 23.0 Å². The van der Waals surface area contributed by atoms with Crippen molar-refractivity contribution in [2.75, 3.05) is 0 Å². The zero-order valence-electron chi connectivity index (χ0n) is 10.6. The van der Waals surface area contributed by atoms with Gasteiger partial charge < -0.3 is 5.73 Å². The molecule has 0 fully saturated rings. The Morgan fingerprint density at radius 2 is 1.75 bits per heavy atom. The third kappa shape index (κ3) is 4.07. The summed E-state index contributed by atoms with van der Waals surface area (Å²) in [5, 5.41) is 0.131. The highest BCUT2D eigenvalue weighted by Crippen LogP contribution is 2.14. The van der Waals surface area contributed by atoms with Crippen LogP contribution in [-0.4, -0.2) is 5.11 Å². The largest absolute Gasteiger partial charge is 0.375 e. The van der Waals surface area contributed by atoms with Crippen LogP contribution in [0, 0.1) is 5.82 Å². The molecule has 1 aromatic rings. The van der Waals surface area contributed by atoms with Gasteiger partial charge in [0.05, 0.1) is 5.70 Å². The average molecular weight is 287 g/mol. The second-order valence-electron chi connectivity index (χ2n) is 4.09. The van der Waals surface area contributed by atoms with Crippen LogP contribution in [0.15, 0.2) is 66.3 Å². The summed E-state index contributed by atoms with van der Waals surface area (Å²) in [5.74, 6) is -0.282. The number of rotatable bonds is 4. The number of benzene rings is 1. The minimum Gasteiger partial charge on any atom is -0.375 e. The number of allylic oxidation sites excluding steroid dienone is 7. The molecule has 0 spiro atoms. The first-order valence-corrected chi connectivity index (χ1v) is 6.40. The Bertz CT molecular complexity index is 599. The number of hydrogen-bond acceptors (Lipinski definition) is 2. The van der Waals surface area contributed by atoms with Gasteiger partial charge in [0, 0.05) is 0 Å². The van der Waals surface area contributed by atoms with Crippen LogP contribution in [0.3, 0.4) is 0 Å². The van der Waals surface area contributed by atoms with Gasteiger partial charge in [-0.3, -0.25) is 10.9 Å². The Hall–Kier alpha value is -2.40. The number of nitrogens with two attached hydrogens (primary N) is 1. The summed E-state index contributed by atoms with van der Waals surface area (Å²) in [7, 11) is 0. The molecule has 0 heterocycles. The zero-order chi connectivity index (χ0) is 14.4. The summed E-state index contributed by atoms with van der Waals surface area (Å²) >= 11 is 4.76. The van der Waals surface area contributed by atoms with Gasteiger partial charge in [-0.05, 0) is 53.7 Å². The smallest absolute Gasteiger partial charge is 0.182 e. The normalized spacial score (nSPS) is 13.4. The molecular weight excluding hydrogens is 273 g/mol. The number of halogens is 1. The zero-order valence-corrected chi connectivity index (χ0v) is 11.5. The van der Waals surface area contributed by atoms with Crippen molar-refractivity contribution in [1.82, 2.24) is 10.9 Å². The van der Waals surface area contributed by atoms with Gasteiger partial charge in [-0.25, -0.2) is 4.39 Å². The van der Waals surface area contributed by atoms with Crippen LogP contribution in [0.4, 0.5) is 4.39 Å². The quantitative estimate of drug-likeness (QED) is 0.588. The van der Waals surface area contributed by atoms with Gasteiger partial charge in [0.1, 0.15) is 5.82 Å². The molecule has 2 rings (SSSR count). The highest BCUT2D eigenvalue weighted by molar-refractivity contribution is 7.80. The van der Waals surface area contributed by atoms with Gasteiger partial charge in [0.15, 0.2) is 5.11 Å². The van der Waals surface area contributed by atoms with Crippen molar-refractivity contribution in [3.8, 4) is 0 Å². The molecule has 0 amide bonds. The van der Waals surface area contributed by atoms with E-state index in [1.165, 1.54) is 12.1 Å². The third-order valence-corrected chi connectivity index (χ3v) is 2.71. The van der Waals surface area contributed by atoms with Crippen LogP contribution in [-0.2, 0) is 0 Å². The van der Waals surface area contributed by atoms with Crippen molar-refractivity contribution in [1.29, 1.82) is 0 Å². The van der Waals surface area contributed by atoms with E-state index in [1.54, 1.807) is 12.1 Å². The molecule has 5 heteroatoms. The Balaban J connectivity index is 2.23. The summed E-state index contributed by atoms with van der Waals surface area (Å²) in [4.78, 5) is 0. The van der Waals surface area contributed by atoms with Crippen LogP contribution in [0.5, 0.6) is 0 Å². The van der Waals surface area contributed by atoms with Crippen molar-refractivity contribution < 1.29 is 4.39 Å². The second kappa shape index (κ2) is 6.68. The summed E-state index contributed by atoms with van der Waals surface area (Å²) < 4.78 is 13.0. The predicted octanol–water partition coefficient (Wildman–Crippen LogP) is 2.56. The molecule has 0 aliphatic heterocycles. The Kier molecular flexibility index (Phi) is 4.68. The van der Waals surface area contributed by atoms with Crippen LogP contribution in [0.2, 0.25) is 0 Å². The minimum absolute atomic E-state index is 0.131. The van der Waals surface area contributed by atoms with E-state index in [4.69, 9.17) is 18.0 Å². The lowest BCUT2D eigenvalue weighted by molar-refractivity contribution is 0.627. The topological polar surface area (TPSA) is 50.1 Å². The maximum absolute atomic E-state index is 13.0. The SMILES string of the molecule is NC(=S)NN/C(=C\C=C1C=CC=C1)c1ccc(F)cc1. The van der Waals surface area contributed by atoms with E-state index >= 15 is 0 Å². The monoisotopic (exact) mass is 287 g/mol. The molecular formula is C15H14FN3S. The lowest BCUT2D eigenvalue weighted by Gasteiger charge is -2.12. The molecule has 20 heavy (non-hydrogen) atoms. The Labute approximate surface area is 122 Å². The standard InChI is InChI=1S/C15H14FN3S/c16-13-8-6-12(7-9-13)14(18-19-15(17)20)10-5-11-3-1-2-4-11/h1-10,18H,(H3,17,19,20)/b14-10-. The van der Waals surface area contributed by atoms with Gasteiger partial charge in [-0.15, -0.1) is 0 Å². The molecule has 0 saturated carbocycles. The molecule has 1 aliphatic rings. The van der Waals surface area contributed by atoms with E-state index in [-0.39, 0.29) is 10.9 Å². The lowest BCUT2D eigenvalue weighted by atomic mass is 10.1. The summed E-state index contributed by atoms with van der Waals surface area (Å²) in [5.41, 5.74) is 13.6. The van der Waals surface area contributed by atoms with Gasteiger partial charge >= 0.3 is 0 Å². The van der Waals surface area contributed by atoms with Crippen molar-refractivity contribution in [3.63, 3.8) is 0 Å². The van der Waals surface area contributed by atoms with Crippen LogP contribution in [0.25, 0.3) is 5.70 Å². The first-order valence-electron chi connectivity index (χ1n) is 5.99. The summed E-state index contributed by atoms with van der Waals surface area (Å²) in [6.45, 7) is 0. The molecule has 0 unspecified atom stereocenters. The summed E-state index contributed by atoms with van der Waals surface area (Å²) in [6.07, 6.45) is 11.7. The molecule has 0 bridgehead atoms. The van der Waals surface area contributed by atoms with E-state index < -0.39 is 0 Å². The molecule has 1 aliphatic carbocycles. The van der Waals surface area contributed by atoms with Crippen LogP contribution >= 0.6 is 12.2 Å². The first kappa shape index (κ1) is 14.0. The van der Waals surface area contributed by atoms with E-state index in [0.29, 0.717) is 0 Å². The average Bonchev–Trinajstić information content (AvgIpc) is 2.93. The van der Waals surface area contributed by atoms with Gasteiger partial charge in [-0.1, -0.05) is 30.4 Å². The van der Waals surface area contributed by atoms with Crippen molar-refractivity contribution in [2.45, 2.75) is 0 Å². The molecule has 102 valence electrons. The third-order valence-electron chi connectivity index (χ3n) is 2.61.